The molecule has 0 heterocycles. The molecule has 0 fully saturated rings. The zero-order valence-electron chi connectivity index (χ0n) is 20.2. The molecule has 0 aliphatic rings. The second kappa shape index (κ2) is 14.8. The standard InChI is InChI=1S/C26H48N2O/c1-7-14-23(27(18-9-3)19-10-4)22-16-13-17-25(29)26(22)24(15-8-2)28(20-11-5)21-12-6/h13,16-17,23-24,29H,7-12,14-15,18-21H2,1-6H3. The Labute approximate surface area is 181 Å². The van der Waals surface area contributed by atoms with Gasteiger partial charge in [0.1, 0.15) is 5.75 Å². The number of benzene rings is 1. The van der Waals surface area contributed by atoms with Crippen molar-refractivity contribution in [2.45, 2.75) is 105 Å². The fourth-order valence-corrected chi connectivity index (χ4v) is 4.81. The highest BCUT2D eigenvalue weighted by atomic mass is 16.3. The summed E-state index contributed by atoms with van der Waals surface area (Å²) in [5.41, 5.74) is 2.57. The summed E-state index contributed by atoms with van der Waals surface area (Å²) in [6.07, 6.45) is 9.19. The molecule has 0 saturated heterocycles. The maximum Gasteiger partial charge on any atom is 0.120 e. The minimum atomic E-state index is 0.306. The van der Waals surface area contributed by atoms with Crippen LogP contribution in [0.1, 0.15) is 116 Å². The van der Waals surface area contributed by atoms with E-state index in [1.165, 1.54) is 24.0 Å². The van der Waals surface area contributed by atoms with Crippen molar-refractivity contribution < 1.29 is 5.11 Å². The van der Waals surface area contributed by atoms with Crippen molar-refractivity contribution in [2.24, 2.45) is 0 Å². The molecule has 0 saturated carbocycles. The van der Waals surface area contributed by atoms with Gasteiger partial charge in [0, 0.05) is 17.6 Å². The summed E-state index contributed by atoms with van der Waals surface area (Å²) < 4.78 is 0. The molecule has 0 aliphatic heterocycles. The summed E-state index contributed by atoms with van der Waals surface area (Å²) in [6.45, 7) is 18.1. The van der Waals surface area contributed by atoms with Crippen molar-refractivity contribution in [1.82, 2.24) is 9.80 Å². The summed E-state index contributed by atoms with van der Waals surface area (Å²) in [5, 5.41) is 11.1. The fraction of sp³-hybridized carbons (Fsp3) is 0.769. The van der Waals surface area contributed by atoms with E-state index in [4.69, 9.17) is 0 Å². The van der Waals surface area contributed by atoms with Crippen LogP contribution in [0.15, 0.2) is 18.2 Å². The Morgan fingerprint density at radius 2 is 1.10 bits per heavy atom. The number of phenolic OH excluding ortho intramolecular Hbond substituents is 1. The molecule has 0 spiro atoms. The average Bonchev–Trinajstić information content (AvgIpc) is 2.70. The SMILES string of the molecule is CCCC(c1cccc(O)c1C(CCC)N(CCC)CCC)N(CCC)CCC. The van der Waals surface area contributed by atoms with Crippen LogP contribution in [0.3, 0.4) is 0 Å². The van der Waals surface area contributed by atoms with E-state index in [0.717, 1.165) is 64.7 Å². The third-order valence-electron chi connectivity index (χ3n) is 5.86. The molecule has 0 radical (unpaired) electrons. The summed E-state index contributed by atoms with van der Waals surface area (Å²) in [6, 6.07) is 6.96. The number of hydrogen-bond acceptors (Lipinski definition) is 3. The second-order valence-electron chi connectivity index (χ2n) is 8.46. The van der Waals surface area contributed by atoms with Crippen LogP contribution in [-0.2, 0) is 0 Å². The number of nitrogens with zero attached hydrogens (tertiary/aromatic N) is 2. The van der Waals surface area contributed by atoms with Crippen molar-refractivity contribution in [2.75, 3.05) is 26.2 Å². The maximum atomic E-state index is 11.1. The molecule has 3 nitrogen and oxygen atoms in total. The van der Waals surface area contributed by atoms with Crippen LogP contribution < -0.4 is 0 Å². The molecule has 0 bridgehead atoms. The summed E-state index contributed by atoms with van der Waals surface area (Å²) in [4.78, 5) is 5.28. The average molecular weight is 405 g/mol. The fourth-order valence-electron chi connectivity index (χ4n) is 4.81. The normalized spacial score (nSPS) is 13.9. The van der Waals surface area contributed by atoms with Crippen molar-refractivity contribution in [3.8, 4) is 5.75 Å². The van der Waals surface area contributed by atoms with Gasteiger partial charge in [0.15, 0.2) is 0 Å². The summed E-state index contributed by atoms with van der Waals surface area (Å²) in [5.74, 6) is 0.493. The molecule has 1 aromatic rings. The lowest BCUT2D eigenvalue weighted by atomic mass is 9.88. The molecule has 1 aromatic carbocycles. The van der Waals surface area contributed by atoms with Gasteiger partial charge in [-0.1, -0.05) is 66.5 Å². The summed E-state index contributed by atoms with van der Waals surface area (Å²) in [7, 11) is 0. The highest BCUT2D eigenvalue weighted by Gasteiger charge is 2.29. The second-order valence-corrected chi connectivity index (χ2v) is 8.46. The van der Waals surface area contributed by atoms with E-state index in [1.54, 1.807) is 0 Å². The van der Waals surface area contributed by atoms with E-state index in [1.807, 2.05) is 6.07 Å². The van der Waals surface area contributed by atoms with Crippen molar-refractivity contribution in [3.63, 3.8) is 0 Å². The Balaban J connectivity index is 3.51. The number of aromatic hydroxyl groups is 1. The Morgan fingerprint density at radius 1 is 0.655 bits per heavy atom. The van der Waals surface area contributed by atoms with Crippen LogP contribution in [-0.4, -0.2) is 41.1 Å². The minimum Gasteiger partial charge on any atom is -0.508 e. The van der Waals surface area contributed by atoms with E-state index in [-0.39, 0.29) is 0 Å². The first-order valence-electron chi connectivity index (χ1n) is 12.4. The molecule has 0 aromatic heterocycles. The molecule has 1 rings (SSSR count). The number of hydrogen-bond donors (Lipinski definition) is 1. The monoisotopic (exact) mass is 404 g/mol. The highest BCUT2D eigenvalue weighted by molar-refractivity contribution is 5.43. The lowest BCUT2D eigenvalue weighted by Crippen LogP contribution is -2.34. The third kappa shape index (κ3) is 7.61. The molecule has 29 heavy (non-hydrogen) atoms. The van der Waals surface area contributed by atoms with E-state index >= 15 is 0 Å². The maximum absolute atomic E-state index is 11.1. The Morgan fingerprint density at radius 3 is 1.55 bits per heavy atom. The minimum absolute atomic E-state index is 0.306. The van der Waals surface area contributed by atoms with Crippen molar-refractivity contribution in [1.29, 1.82) is 0 Å². The molecule has 0 amide bonds. The lowest BCUT2D eigenvalue weighted by molar-refractivity contribution is 0.166. The first-order valence-corrected chi connectivity index (χ1v) is 12.4. The first-order chi connectivity index (χ1) is 14.1. The highest BCUT2D eigenvalue weighted by Crippen LogP contribution is 2.40. The van der Waals surface area contributed by atoms with Gasteiger partial charge in [0.05, 0.1) is 0 Å². The van der Waals surface area contributed by atoms with Gasteiger partial charge in [0.25, 0.3) is 0 Å². The number of phenols is 1. The number of rotatable bonds is 16. The van der Waals surface area contributed by atoms with Crippen LogP contribution in [0, 0.1) is 0 Å². The molecule has 0 aliphatic carbocycles. The summed E-state index contributed by atoms with van der Waals surface area (Å²) >= 11 is 0. The molecule has 2 unspecified atom stereocenters. The van der Waals surface area contributed by atoms with Gasteiger partial charge in [-0.25, -0.2) is 0 Å². The van der Waals surface area contributed by atoms with E-state index in [0.29, 0.717) is 17.8 Å². The molecule has 3 heteroatoms. The van der Waals surface area contributed by atoms with Gasteiger partial charge in [-0.15, -0.1) is 0 Å². The Bertz CT molecular complexity index is 534. The van der Waals surface area contributed by atoms with Gasteiger partial charge in [-0.2, -0.15) is 0 Å². The first kappa shape index (κ1) is 26.0. The van der Waals surface area contributed by atoms with Crippen LogP contribution in [0.4, 0.5) is 0 Å². The van der Waals surface area contributed by atoms with Gasteiger partial charge in [-0.3, -0.25) is 9.80 Å². The quantitative estimate of drug-likeness (QED) is 0.313. The van der Waals surface area contributed by atoms with Crippen LogP contribution in [0.2, 0.25) is 0 Å². The topological polar surface area (TPSA) is 26.7 Å². The predicted octanol–water partition coefficient (Wildman–Crippen LogP) is 7.32. The molecule has 1 N–H and O–H groups in total. The van der Waals surface area contributed by atoms with E-state index in [9.17, 15) is 5.11 Å². The third-order valence-corrected chi connectivity index (χ3v) is 5.86. The zero-order chi connectivity index (χ0) is 21.6. The lowest BCUT2D eigenvalue weighted by Gasteiger charge is -2.38. The molecular weight excluding hydrogens is 356 g/mol. The van der Waals surface area contributed by atoms with Crippen LogP contribution >= 0.6 is 0 Å². The molecule has 2 atom stereocenters. The van der Waals surface area contributed by atoms with Crippen molar-refractivity contribution in [3.05, 3.63) is 29.3 Å². The Hall–Kier alpha value is -1.06. The largest absolute Gasteiger partial charge is 0.508 e. The van der Waals surface area contributed by atoms with Gasteiger partial charge < -0.3 is 5.11 Å². The Kier molecular flexibility index (Phi) is 13.3. The van der Waals surface area contributed by atoms with Gasteiger partial charge >= 0.3 is 0 Å². The zero-order valence-corrected chi connectivity index (χ0v) is 20.2. The smallest absolute Gasteiger partial charge is 0.120 e. The molecule has 168 valence electrons. The van der Waals surface area contributed by atoms with Crippen molar-refractivity contribution >= 4 is 0 Å². The van der Waals surface area contributed by atoms with Crippen LogP contribution in [0.25, 0.3) is 0 Å². The van der Waals surface area contributed by atoms with Gasteiger partial charge in [0.2, 0.25) is 0 Å². The van der Waals surface area contributed by atoms with Crippen LogP contribution in [0.5, 0.6) is 5.75 Å². The van der Waals surface area contributed by atoms with E-state index < -0.39 is 0 Å². The van der Waals surface area contributed by atoms with E-state index in [2.05, 4.69) is 63.5 Å². The van der Waals surface area contributed by atoms with Gasteiger partial charge in [-0.05, 0) is 76.3 Å². The predicted molar refractivity (Wildman–Crippen MR) is 128 cm³/mol. The molecular formula is C26H48N2O.